The summed E-state index contributed by atoms with van der Waals surface area (Å²) in [6, 6.07) is 7.83. The van der Waals surface area contributed by atoms with Gasteiger partial charge in [-0.1, -0.05) is 33.6 Å². The Morgan fingerprint density at radius 3 is 2.79 bits per heavy atom. The van der Waals surface area contributed by atoms with Crippen LogP contribution in [0.2, 0.25) is 0 Å². The summed E-state index contributed by atoms with van der Waals surface area (Å²) in [6.07, 6.45) is 1.78. The third-order valence-corrected chi connectivity index (χ3v) is 5.90. The van der Waals surface area contributed by atoms with Gasteiger partial charge >= 0.3 is 0 Å². The zero-order chi connectivity index (χ0) is 10.2. The molecule has 1 aromatic rings. The van der Waals surface area contributed by atoms with Gasteiger partial charge in [0.2, 0.25) is 0 Å². The van der Waals surface area contributed by atoms with Crippen LogP contribution < -0.4 is 5.30 Å². The highest BCUT2D eigenvalue weighted by Crippen LogP contribution is 2.53. The highest BCUT2D eigenvalue weighted by molar-refractivity contribution is 9.10. The van der Waals surface area contributed by atoms with Gasteiger partial charge in [-0.25, -0.2) is 0 Å². The van der Waals surface area contributed by atoms with Crippen LogP contribution in [0.15, 0.2) is 40.1 Å². The SMILES string of the molecule is CC1=CP(=O)(c2cccc(Br)c2)CC1. The Balaban J connectivity index is 2.46. The summed E-state index contributed by atoms with van der Waals surface area (Å²) in [5.74, 6) is 1.97. The minimum atomic E-state index is -2.20. The maximum absolute atomic E-state index is 12.5. The van der Waals surface area contributed by atoms with Crippen molar-refractivity contribution in [1.82, 2.24) is 0 Å². The highest BCUT2D eigenvalue weighted by atomic mass is 79.9. The first-order chi connectivity index (χ1) is 6.60. The molecule has 0 N–H and O–H groups in total. The molecule has 74 valence electrons. The predicted molar refractivity (Wildman–Crippen MR) is 64.6 cm³/mol. The lowest BCUT2D eigenvalue weighted by Crippen LogP contribution is -2.02. The number of rotatable bonds is 1. The molecule has 0 aromatic heterocycles. The fraction of sp³-hybridized carbons (Fsp3) is 0.273. The molecule has 0 bridgehead atoms. The predicted octanol–water partition coefficient (Wildman–Crippen LogP) is 3.75. The van der Waals surface area contributed by atoms with Gasteiger partial charge in [0.25, 0.3) is 0 Å². The van der Waals surface area contributed by atoms with Crippen molar-refractivity contribution >= 4 is 28.4 Å². The Bertz CT molecular complexity index is 437. The largest absolute Gasteiger partial charge is 0.314 e. The first-order valence-corrected chi connectivity index (χ1v) is 7.39. The molecule has 1 atom stereocenters. The van der Waals surface area contributed by atoms with Crippen molar-refractivity contribution in [1.29, 1.82) is 0 Å². The molecular weight excluding hydrogens is 259 g/mol. The van der Waals surface area contributed by atoms with Crippen LogP contribution in [-0.2, 0) is 4.57 Å². The number of halogens is 1. The number of allylic oxidation sites excluding steroid dienone is 1. The smallest absolute Gasteiger partial charge is 0.136 e. The summed E-state index contributed by atoms with van der Waals surface area (Å²) in [7, 11) is -2.20. The van der Waals surface area contributed by atoms with Crippen molar-refractivity contribution in [2.24, 2.45) is 0 Å². The van der Waals surface area contributed by atoms with Crippen LogP contribution >= 0.6 is 23.1 Å². The van der Waals surface area contributed by atoms with E-state index in [0.29, 0.717) is 0 Å². The number of hydrogen-bond acceptors (Lipinski definition) is 1. The minimum absolute atomic E-state index is 0.801. The van der Waals surface area contributed by atoms with Gasteiger partial charge in [0.1, 0.15) is 7.14 Å². The normalized spacial score (nSPS) is 26.3. The Hall–Kier alpha value is -0.330. The zero-order valence-corrected chi connectivity index (χ0v) is 10.5. The van der Waals surface area contributed by atoms with E-state index < -0.39 is 7.14 Å². The average molecular weight is 271 g/mol. The summed E-state index contributed by atoms with van der Waals surface area (Å²) in [5, 5.41) is 0.976. The maximum Gasteiger partial charge on any atom is 0.136 e. The molecule has 0 amide bonds. The first-order valence-electron chi connectivity index (χ1n) is 4.63. The van der Waals surface area contributed by atoms with Crippen LogP contribution in [0.3, 0.4) is 0 Å². The third-order valence-electron chi connectivity index (χ3n) is 2.51. The first kappa shape index (κ1) is 10.2. The van der Waals surface area contributed by atoms with Gasteiger partial charge in [0, 0.05) is 15.9 Å². The van der Waals surface area contributed by atoms with Crippen LogP contribution in [0.4, 0.5) is 0 Å². The lowest BCUT2D eigenvalue weighted by molar-refractivity contribution is 0.587. The van der Waals surface area contributed by atoms with E-state index in [1.807, 2.05) is 30.1 Å². The van der Waals surface area contributed by atoms with E-state index in [0.717, 1.165) is 22.4 Å². The van der Waals surface area contributed by atoms with Gasteiger partial charge in [0.15, 0.2) is 0 Å². The van der Waals surface area contributed by atoms with E-state index in [4.69, 9.17) is 0 Å². The van der Waals surface area contributed by atoms with Gasteiger partial charge in [-0.05, 0) is 31.3 Å². The van der Waals surface area contributed by atoms with Crippen LogP contribution in [0.1, 0.15) is 13.3 Å². The van der Waals surface area contributed by atoms with E-state index >= 15 is 0 Å². The average Bonchev–Trinajstić information content (AvgIpc) is 2.48. The van der Waals surface area contributed by atoms with Crippen molar-refractivity contribution < 1.29 is 4.57 Å². The van der Waals surface area contributed by atoms with Crippen LogP contribution in [0.5, 0.6) is 0 Å². The summed E-state index contributed by atoms with van der Waals surface area (Å²) in [4.78, 5) is 0. The summed E-state index contributed by atoms with van der Waals surface area (Å²) in [5.41, 5.74) is 1.26. The van der Waals surface area contributed by atoms with E-state index in [1.54, 1.807) is 0 Å². The molecule has 1 unspecified atom stereocenters. The zero-order valence-electron chi connectivity index (χ0n) is 8.03. The molecule has 0 saturated heterocycles. The molecule has 14 heavy (non-hydrogen) atoms. The van der Waals surface area contributed by atoms with Crippen molar-refractivity contribution in [2.75, 3.05) is 6.16 Å². The maximum atomic E-state index is 12.5. The molecule has 0 saturated carbocycles. The minimum Gasteiger partial charge on any atom is -0.314 e. The molecule has 1 aliphatic heterocycles. The van der Waals surface area contributed by atoms with Gasteiger partial charge in [-0.15, -0.1) is 0 Å². The van der Waals surface area contributed by atoms with E-state index in [2.05, 4.69) is 22.9 Å². The van der Waals surface area contributed by atoms with E-state index in [-0.39, 0.29) is 0 Å². The molecule has 1 aromatic carbocycles. The Kier molecular flexibility index (Phi) is 2.68. The molecule has 1 aliphatic rings. The van der Waals surface area contributed by atoms with E-state index in [1.165, 1.54) is 5.57 Å². The molecule has 1 nitrogen and oxygen atoms in total. The Labute approximate surface area is 92.7 Å². The van der Waals surface area contributed by atoms with Gasteiger partial charge in [-0.2, -0.15) is 0 Å². The fourth-order valence-electron chi connectivity index (χ4n) is 1.74. The summed E-state index contributed by atoms with van der Waals surface area (Å²) in [6.45, 7) is 2.05. The van der Waals surface area contributed by atoms with E-state index in [9.17, 15) is 4.57 Å². The molecule has 0 aliphatic carbocycles. The Morgan fingerprint density at radius 2 is 2.21 bits per heavy atom. The van der Waals surface area contributed by atoms with Gasteiger partial charge in [0.05, 0.1) is 0 Å². The topological polar surface area (TPSA) is 17.1 Å². The summed E-state index contributed by atoms with van der Waals surface area (Å²) < 4.78 is 13.5. The second-order valence-electron chi connectivity index (χ2n) is 3.72. The standard InChI is InChI=1S/C11H12BrOP/c1-9-5-6-14(13,8-9)11-4-2-3-10(12)7-11/h2-4,7-8H,5-6H2,1H3. The number of hydrogen-bond donors (Lipinski definition) is 0. The van der Waals surface area contributed by atoms with Crippen molar-refractivity contribution in [3.8, 4) is 0 Å². The van der Waals surface area contributed by atoms with Crippen LogP contribution in [0.25, 0.3) is 0 Å². The quantitative estimate of drug-likeness (QED) is 0.711. The fourth-order valence-corrected chi connectivity index (χ4v) is 5.08. The molecule has 0 radical (unpaired) electrons. The molecule has 2 rings (SSSR count). The second-order valence-corrected chi connectivity index (χ2v) is 7.45. The van der Waals surface area contributed by atoms with Crippen molar-refractivity contribution in [3.63, 3.8) is 0 Å². The summed E-state index contributed by atoms with van der Waals surface area (Å²) >= 11 is 3.41. The molecule has 1 heterocycles. The van der Waals surface area contributed by atoms with Gasteiger partial charge in [-0.3, -0.25) is 0 Å². The van der Waals surface area contributed by atoms with Crippen molar-refractivity contribution in [2.45, 2.75) is 13.3 Å². The highest BCUT2D eigenvalue weighted by Gasteiger charge is 2.26. The lowest BCUT2D eigenvalue weighted by Gasteiger charge is -2.09. The molecule has 3 heteroatoms. The Morgan fingerprint density at radius 1 is 1.43 bits per heavy atom. The molecular formula is C11H12BrOP. The monoisotopic (exact) mass is 270 g/mol. The van der Waals surface area contributed by atoms with Crippen LogP contribution in [-0.4, -0.2) is 6.16 Å². The van der Waals surface area contributed by atoms with Crippen LogP contribution in [0, 0.1) is 0 Å². The molecule has 0 spiro atoms. The second kappa shape index (κ2) is 3.67. The van der Waals surface area contributed by atoms with Gasteiger partial charge < -0.3 is 4.57 Å². The third kappa shape index (κ3) is 1.87. The lowest BCUT2D eigenvalue weighted by atomic mass is 10.3. The number of benzene rings is 1. The molecule has 0 fully saturated rings. The van der Waals surface area contributed by atoms with Crippen molar-refractivity contribution in [3.05, 3.63) is 40.1 Å².